The molecule has 0 bridgehead atoms. The number of benzene rings is 4. The Hall–Kier alpha value is -3.87. The van der Waals surface area contributed by atoms with E-state index in [1.807, 2.05) is 60.7 Å². The van der Waals surface area contributed by atoms with Crippen molar-refractivity contribution in [2.75, 3.05) is 11.8 Å². The fourth-order valence-electron chi connectivity index (χ4n) is 3.87. The molecular weight excluding hydrogens is 497 g/mol. The lowest BCUT2D eigenvalue weighted by Gasteiger charge is -2.21. The van der Waals surface area contributed by atoms with Crippen LogP contribution in [-0.4, -0.2) is 26.6 Å². The number of aromatic carboxylic acids is 1. The zero-order valence-corrected chi connectivity index (χ0v) is 21.1. The largest absolute Gasteiger partial charge is 0.496 e. The first-order chi connectivity index (χ1) is 17.2. The van der Waals surface area contributed by atoms with Crippen molar-refractivity contribution in [3.05, 3.63) is 114 Å². The first kappa shape index (κ1) is 25.2. The molecule has 36 heavy (non-hydrogen) atoms. The molecule has 0 saturated heterocycles. The maximum absolute atomic E-state index is 14.5. The Labute approximate surface area is 209 Å². The van der Waals surface area contributed by atoms with Crippen LogP contribution in [0.2, 0.25) is 0 Å². The van der Waals surface area contributed by atoms with Crippen LogP contribution in [0.1, 0.15) is 15.9 Å². The molecule has 0 aliphatic rings. The van der Waals surface area contributed by atoms with Crippen molar-refractivity contribution in [1.29, 1.82) is 0 Å². The Morgan fingerprint density at radius 2 is 1.42 bits per heavy atom. The van der Waals surface area contributed by atoms with E-state index in [1.165, 1.54) is 31.4 Å². The third kappa shape index (κ3) is 5.35. The van der Waals surface area contributed by atoms with Crippen molar-refractivity contribution in [3.63, 3.8) is 0 Å². The van der Waals surface area contributed by atoms with Gasteiger partial charge in [0, 0.05) is 28.0 Å². The molecule has 0 amide bonds. The van der Waals surface area contributed by atoms with E-state index in [1.54, 1.807) is 18.2 Å². The quantitative estimate of drug-likeness (QED) is 0.309. The Kier molecular flexibility index (Phi) is 7.29. The van der Waals surface area contributed by atoms with Crippen molar-refractivity contribution in [1.82, 2.24) is 0 Å². The molecule has 0 saturated carbocycles. The van der Waals surface area contributed by atoms with Crippen LogP contribution >= 0.6 is 7.14 Å². The van der Waals surface area contributed by atoms with Crippen molar-refractivity contribution < 1.29 is 27.6 Å². The number of anilines is 1. The number of carboxylic acid groups (broad SMARTS) is 1. The third-order valence-corrected chi connectivity index (χ3v) is 10.1. The van der Waals surface area contributed by atoms with E-state index in [0.29, 0.717) is 21.9 Å². The van der Waals surface area contributed by atoms with E-state index < -0.39 is 23.1 Å². The highest BCUT2D eigenvalue weighted by molar-refractivity contribution is 7.92. The van der Waals surface area contributed by atoms with Gasteiger partial charge in [0.2, 0.25) is 0 Å². The predicted molar refractivity (Wildman–Crippen MR) is 141 cm³/mol. The summed E-state index contributed by atoms with van der Waals surface area (Å²) < 4.78 is 48.4. The molecular formula is C27H24NO6PS. The topological polar surface area (TPSA) is 110 Å². The molecule has 4 aromatic rings. The smallest absolute Gasteiger partial charge is 0.335 e. The molecule has 0 unspecified atom stereocenters. The summed E-state index contributed by atoms with van der Waals surface area (Å²) in [7, 11) is -5.63. The molecule has 4 rings (SSSR count). The van der Waals surface area contributed by atoms with Crippen LogP contribution in [0.25, 0.3) is 0 Å². The Balaban J connectivity index is 1.71. The van der Waals surface area contributed by atoms with Crippen molar-refractivity contribution >= 4 is 39.4 Å². The molecule has 0 fully saturated rings. The highest BCUT2D eigenvalue weighted by Crippen LogP contribution is 2.48. The maximum atomic E-state index is 14.5. The fraction of sp³-hybridized carbons (Fsp3) is 0.0741. The van der Waals surface area contributed by atoms with Gasteiger partial charge in [0.05, 0.1) is 17.6 Å². The second kappa shape index (κ2) is 10.4. The van der Waals surface area contributed by atoms with Gasteiger partial charge in [0.15, 0.2) is 0 Å². The SMILES string of the molecule is COc1ccc(NS(=O)(=O)c2ccc(C(=O)O)cc2)cc1CP(=O)(c1ccccc1)c1ccccc1. The van der Waals surface area contributed by atoms with Crippen molar-refractivity contribution in [2.24, 2.45) is 0 Å². The number of hydrogen-bond acceptors (Lipinski definition) is 5. The van der Waals surface area contributed by atoms with Gasteiger partial charge in [-0.25, -0.2) is 13.2 Å². The number of methoxy groups -OCH3 is 1. The minimum absolute atomic E-state index is 0.0155. The van der Waals surface area contributed by atoms with Crippen LogP contribution in [0, 0.1) is 0 Å². The van der Waals surface area contributed by atoms with Crippen LogP contribution in [0.5, 0.6) is 5.75 Å². The second-order valence-electron chi connectivity index (χ2n) is 8.03. The zero-order chi connectivity index (χ0) is 25.8. The lowest BCUT2D eigenvalue weighted by Crippen LogP contribution is -2.18. The van der Waals surface area contributed by atoms with Crippen LogP contribution in [-0.2, 0) is 20.8 Å². The molecule has 4 aromatic carbocycles. The molecule has 2 N–H and O–H groups in total. The van der Waals surface area contributed by atoms with Gasteiger partial charge >= 0.3 is 5.97 Å². The lowest BCUT2D eigenvalue weighted by atomic mass is 10.2. The summed E-state index contributed by atoms with van der Waals surface area (Å²) in [5, 5.41) is 10.4. The summed E-state index contributed by atoms with van der Waals surface area (Å²) in [4.78, 5) is 11.0. The summed E-state index contributed by atoms with van der Waals surface area (Å²) in [5.74, 6) is -0.663. The number of carboxylic acids is 1. The molecule has 0 atom stereocenters. The van der Waals surface area contributed by atoms with Gasteiger partial charge in [-0.3, -0.25) is 4.72 Å². The van der Waals surface area contributed by atoms with E-state index in [9.17, 15) is 17.8 Å². The average Bonchev–Trinajstić information content (AvgIpc) is 2.89. The Morgan fingerprint density at radius 3 is 1.92 bits per heavy atom. The van der Waals surface area contributed by atoms with Crippen molar-refractivity contribution in [2.45, 2.75) is 11.1 Å². The molecule has 7 nitrogen and oxygen atoms in total. The van der Waals surface area contributed by atoms with Gasteiger partial charge in [-0.05, 0) is 42.5 Å². The number of hydrogen-bond donors (Lipinski definition) is 2. The van der Waals surface area contributed by atoms with E-state index >= 15 is 0 Å². The monoisotopic (exact) mass is 521 g/mol. The second-order valence-corrected chi connectivity index (χ2v) is 12.5. The minimum Gasteiger partial charge on any atom is -0.496 e. The number of sulfonamides is 1. The number of rotatable bonds is 9. The number of ether oxygens (including phenoxy) is 1. The van der Waals surface area contributed by atoms with E-state index in [2.05, 4.69) is 4.72 Å². The van der Waals surface area contributed by atoms with Crippen LogP contribution in [0.4, 0.5) is 5.69 Å². The first-order valence-electron chi connectivity index (χ1n) is 11.0. The van der Waals surface area contributed by atoms with Crippen LogP contribution < -0.4 is 20.1 Å². The summed E-state index contributed by atoms with van der Waals surface area (Å²) in [6.45, 7) is 0. The predicted octanol–water partition coefficient (Wildman–Crippen LogP) is 4.71. The Morgan fingerprint density at radius 1 is 0.861 bits per heavy atom. The highest BCUT2D eigenvalue weighted by Gasteiger charge is 2.29. The van der Waals surface area contributed by atoms with E-state index in [0.717, 1.165) is 0 Å². The highest BCUT2D eigenvalue weighted by atomic mass is 32.2. The third-order valence-electron chi connectivity index (χ3n) is 5.68. The molecule has 184 valence electrons. The molecule has 0 aliphatic heterocycles. The molecule has 0 aromatic heterocycles. The van der Waals surface area contributed by atoms with E-state index in [-0.39, 0.29) is 22.3 Å². The van der Waals surface area contributed by atoms with Gasteiger partial charge < -0.3 is 14.4 Å². The van der Waals surface area contributed by atoms with Gasteiger partial charge in [-0.15, -0.1) is 0 Å². The molecule has 0 heterocycles. The number of nitrogens with one attached hydrogen (secondary N) is 1. The summed E-state index contributed by atoms with van der Waals surface area (Å²) in [6.07, 6.45) is 0.118. The maximum Gasteiger partial charge on any atom is 0.335 e. The van der Waals surface area contributed by atoms with Gasteiger partial charge in [-0.2, -0.15) is 0 Å². The normalized spacial score (nSPS) is 11.6. The summed E-state index contributed by atoms with van der Waals surface area (Å²) in [5.41, 5.74) is 0.828. The molecule has 0 spiro atoms. The van der Waals surface area contributed by atoms with E-state index in [4.69, 9.17) is 9.84 Å². The summed E-state index contributed by atoms with van der Waals surface area (Å²) >= 11 is 0. The molecule has 0 aliphatic carbocycles. The standard InChI is InChI=1S/C27H24NO6PS/c1-34-26-17-14-22(28-36(32,33)25-15-12-20(13-16-25)27(29)30)18-21(26)19-35(31,23-8-4-2-5-9-23)24-10-6-3-7-11-24/h2-18,28H,19H2,1H3,(H,29,30). The molecule has 0 radical (unpaired) electrons. The van der Waals surface area contributed by atoms with Gasteiger partial charge in [-0.1, -0.05) is 60.7 Å². The first-order valence-corrected chi connectivity index (χ1v) is 14.3. The number of carbonyl (C=O) groups is 1. The average molecular weight is 522 g/mol. The van der Waals surface area contributed by atoms with Crippen LogP contribution in [0.3, 0.4) is 0 Å². The fourth-order valence-corrected chi connectivity index (χ4v) is 7.61. The molecule has 9 heteroatoms. The minimum atomic E-state index is -3.99. The Bertz CT molecular complexity index is 1480. The van der Waals surface area contributed by atoms with Crippen LogP contribution in [0.15, 0.2) is 108 Å². The van der Waals surface area contributed by atoms with Gasteiger partial charge in [0.1, 0.15) is 12.9 Å². The zero-order valence-electron chi connectivity index (χ0n) is 19.4. The lowest BCUT2D eigenvalue weighted by molar-refractivity contribution is 0.0696. The van der Waals surface area contributed by atoms with Crippen molar-refractivity contribution in [3.8, 4) is 5.75 Å². The summed E-state index contributed by atoms with van der Waals surface area (Å²) in [6, 6.07) is 28.1. The van der Waals surface area contributed by atoms with Gasteiger partial charge in [0.25, 0.3) is 10.0 Å².